The molecule has 2 heterocycles. The summed E-state index contributed by atoms with van der Waals surface area (Å²) in [5.74, 6) is 4.51. The number of aryl methyl sites for hydroxylation is 1. The molecular formula is C22H28N4O. The topological polar surface area (TPSA) is 59.8 Å². The molecule has 2 aromatic rings. The van der Waals surface area contributed by atoms with Gasteiger partial charge in [0.1, 0.15) is 5.82 Å². The first-order valence-corrected chi connectivity index (χ1v) is 10.6. The van der Waals surface area contributed by atoms with E-state index in [0.29, 0.717) is 12.3 Å². The zero-order valence-electron chi connectivity index (χ0n) is 15.9. The quantitative estimate of drug-likeness (QED) is 0.873. The van der Waals surface area contributed by atoms with Gasteiger partial charge in [-0.2, -0.15) is 0 Å². The molecule has 3 aliphatic rings. The fraction of sp³-hybridized carbons (Fsp3) is 0.591. The molecule has 5 rings (SSSR count). The maximum absolute atomic E-state index is 12.5. The normalized spacial score (nSPS) is 26.6. The highest BCUT2D eigenvalue weighted by molar-refractivity contribution is 5.91. The van der Waals surface area contributed by atoms with Crippen LogP contribution in [0.2, 0.25) is 0 Å². The second-order valence-electron chi connectivity index (χ2n) is 8.67. The molecule has 0 radical (unpaired) electrons. The van der Waals surface area contributed by atoms with Crippen LogP contribution in [0.5, 0.6) is 0 Å². The van der Waals surface area contributed by atoms with Gasteiger partial charge in [-0.05, 0) is 74.1 Å². The molecule has 3 atom stereocenters. The van der Waals surface area contributed by atoms with Gasteiger partial charge in [-0.1, -0.05) is 12.8 Å². The Morgan fingerprint density at radius 1 is 1.07 bits per heavy atom. The first kappa shape index (κ1) is 17.0. The Labute approximate surface area is 160 Å². The third kappa shape index (κ3) is 3.40. The lowest BCUT2D eigenvalue weighted by atomic mass is 9.86. The molecule has 2 bridgehead atoms. The summed E-state index contributed by atoms with van der Waals surface area (Å²) in [4.78, 5) is 12.5. The van der Waals surface area contributed by atoms with Gasteiger partial charge in [0.2, 0.25) is 5.91 Å². The molecule has 2 fully saturated rings. The Bertz CT molecular complexity index is 825. The molecule has 1 aromatic carbocycles. The number of nitrogens with zero attached hydrogens (tertiary/aromatic N) is 3. The van der Waals surface area contributed by atoms with E-state index >= 15 is 0 Å². The van der Waals surface area contributed by atoms with E-state index in [1.807, 2.05) is 12.1 Å². The van der Waals surface area contributed by atoms with Crippen LogP contribution < -0.4 is 5.32 Å². The van der Waals surface area contributed by atoms with E-state index in [1.165, 1.54) is 44.9 Å². The van der Waals surface area contributed by atoms with Gasteiger partial charge in [0.15, 0.2) is 5.82 Å². The Balaban J connectivity index is 1.24. The monoisotopic (exact) mass is 364 g/mol. The average Bonchev–Trinajstić information content (AvgIpc) is 3.35. The third-order valence-corrected chi connectivity index (χ3v) is 6.87. The van der Waals surface area contributed by atoms with Crippen molar-refractivity contribution in [3.05, 3.63) is 30.1 Å². The van der Waals surface area contributed by atoms with Crippen molar-refractivity contribution in [1.82, 2.24) is 14.8 Å². The molecule has 142 valence electrons. The van der Waals surface area contributed by atoms with Crippen LogP contribution in [-0.2, 0) is 17.8 Å². The van der Waals surface area contributed by atoms with Gasteiger partial charge >= 0.3 is 0 Å². The molecule has 2 aliphatic carbocycles. The molecule has 5 nitrogen and oxygen atoms in total. The fourth-order valence-electron chi connectivity index (χ4n) is 5.48. The van der Waals surface area contributed by atoms with Crippen molar-refractivity contribution in [2.75, 3.05) is 5.32 Å². The average molecular weight is 364 g/mol. The summed E-state index contributed by atoms with van der Waals surface area (Å²) in [6, 6.07) is 8.09. The largest absolute Gasteiger partial charge is 0.326 e. The number of carbonyl (C=O) groups is 1. The second-order valence-corrected chi connectivity index (χ2v) is 8.67. The number of fused-ring (bicyclic) bond motifs is 3. The molecule has 5 heteroatoms. The molecule has 1 amide bonds. The first-order chi connectivity index (χ1) is 13.3. The predicted octanol–water partition coefficient (Wildman–Crippen LogP) is 4.44. The van der Waals surface area contributed by atoms with Crippen LogP contribution in [0.3, 0.4) is 0 Å². The zero-order valence-corrected chi connectivity index (χ0v) is 15.9. The number of nitrogens with one attached hydrogen (secondary N) is 1. The minimum Gasteiger partial charge on any atom is -0.326 e. The van der Waals surface area contributed by atoms with Gasteiger partial charge in [-0.3, -0.25) is 4.79 Å². The van der Waals surface area contributed by atoms with Crippen molar-refractivity contribution in [3.63, 3.8) is 0 Å². The number of benzene rings is 1. The van der Waals surface area contributed by atoms with E-state index in [2.05, 4.69) is 32.2 Å². The lowest BCUT2D eigenvalue weighted by Gasteiger charge is -2.20. The molecule has 1 N–H and O–H groups in total. The maximum atomic E-state index is 12.5. The van der Waals surface area contributed by atoms with Gasteiger partial charge in [0, 0.05) is 30.6 Å². The van der Waals surface area contributed by atoms with Crippen LogP contribution in [0, 0.1) is 17.8 Å². The van der Waals surface area contributed by atoms with Gasteiger partial charge < -0.3 is 9.88 Å². The molecule has 3 unspecified atom stereocenters. The molecule has 0 saturated heterocycles. The minimum atomic E-state index is 0.164. The van der Waals surface area contributed by atoms with E-state index < -0.39 is 0 Å². The van der Waals surface area contributed by atoms with Gasteiger partial charge in [-0.15, -0.1) is 10.2 Å². The van der Waals surface area contributed by atoms with Crippen molar-refractivity contribution in [2.24, 2.45) is 17.8 Å². The zero-order chi connectivity index (χ0) is 18.2. The first-order valence-electron chi connectivity index (χ1n) is 10.6. The Morgan fingerprint density at radius 3 is 2.74 bits per heavy atom. The van der Waals surface area contributed by atoms with Crippen LogP contribution in [-0.4, -0.2) is 20.7 Å². The second kappa shape index (κ2) is 7.10. The summed E-state index contributed by atoms with van der Waals surface area (Å²) < 4.78 is 2.26. The number of hydrogen-bond acceptors (Lipinski definition) is 3. The summed E-state index contributed by atoms with van der Waals surface area (Å²) in [5, 5.41) is 11.9. The van der Waals surface area contributed by atoms with Crippen molar-refractivity contribution < 1.29 is 4.79 Å². The molecule has 0 spiro atoms. The van der Waals surface area contributed by atoms with Crippen LogP contribution in [0.4, 0.5) is 5.69 Å². The number of anilines is 1. The number of aromatic nitrogens is 3. The Hall–Kier alpha value is -2.17. The summed E-state index contributed by atoms with van der Waals surface area (Å²) in [6.45, 7) is 1.000. The van der Waals surface area contributed by atoms with Crippen LogP contribution in [0.15, 0.2) is 24.3 Å². The highest BCUT2D eigenvalue weighted by Crippen LogP contribution is 2.49. The predicted molar refractivity (Wildman–Crippen MR) is 105 cm³/mol. The van der Waals surface area contributed by atoms with Gasteiger partial charge in [0.25, 0.3) is 0 Å². The Kier molecular flexibility index (Phi) is 4.46. The van der Waals surface area contributed by atoms with Crippen LogP contribution in [0.1, 0.15) is 57.2 Å². The standard InChI is InChI=1S/C22H28N4O/c27-21(14-18-13-15-5-6-17(18)12-15)23-19-9-7-16(8-10-19)22-25-24-20-4-2-1-3-11-26(20)22/h7-10,15,17-18H,1-6,11-14H2,(H,23,27). The summed E-state index contributed by atoms with van der Waals surface area (Å²) in [5.41, 5.74) is 1.95. The smallest absolute Gasteiger partial charge is 0.224 e. The van der Waals surface area contributed by atoms with Crippen LogP contribution in [0.25, 0.3) is 11.4 Å². The minimum absolute atomic E-state index is 0.164. The number of amides is 1. The summed E-state index contributed by atoms with van der Waals surface area (Å²) >= 11 is 0. The Morgan fingerprint density at radius 2 is 1.96 bits per heavy atom. The number of carbonyl (C=O) groups excluding carboxylic acids is 1. The SMILES string of the molecule is O=C(CC1CC2CCC1C2)Nc1ccc(-c2nnc3n2CCCCC3)cc1. The van der Waals surface area contributed by atoms with E-state index in [4.69, 9.17) is 0 Å². The third-order valence-electron chi connectivity index (χ3n) is 6.87. The van der Waals surface area contributed by atoms with Crippen molar-refractivity contribution in [2.45, 2.75) is 64.3 Å². The lowest BCUT2D eigenvalue weighted by Crippen LogP contribution is -2.20. The summed E-state index contributed by atoms with van der Waals surface area (Å²) in [7, 11) is 0. The lowest BCUT2D eigenvalue weighted by molar-refractivity contribution is -0.117. The highest BCUT2D eigenvalue weighted by atomic mass is 16.1. The fourth-order valence-corrected chi connectivity index (χ4v) is 5.48. The molecule has 27 heavy (non-hydrogen) atoms. The van der Waals surface area contributed by atoms with E-state index in [1.54, 1.807) is 0 Å². The molecule has 2 saturated carbocycles. The van der Waals surface area contributed by atoms with E-state index in [0.717, 1.165) is 47.7 Å². The van der Waals surface area contributed by atoms with E-state index in [-0.39, 0.29) is 5.91 Å². The molecular weight excluding hydrogens is 336 g/mol. The molecule has 1 aromatic heterocycles. The van der Waals surface area contributed by atoms with Crippen LogP contribution >= 0.6 is 0 Å². The van der Waals surface area contributed by atoms with E-state index in [9.17, 15) is 4.79 Å². The van der Waals surface area contributed by atoms with Crippen molar-refractivity contribution in [1.29, 1.82) is 0 Å². The molecule has 1 aliphatic heterocycles. The van der Waals surface area contributed by atoms with Gasteiger partial charge in [0.05, 0.1) is 0 Å². The summed E-state index contributed by atoms with van der Waals surface area (Å²) in [6.07, 6.45) is 10.7. The highest BCUT2D eigenvalue weighted by Gasteiger charge is 2.40. The van der Waals surface area contributed by atoms with Gasteiger partial charge in [-0.25, -0.2) is 0 Å². The number of hydrogen-bond donors (Lipinski definition) is 1. The van der Waals surface area contributed by atoms with Crippen molar-refractivity contribution in [3.8, 4) is 11.4 Å². The maximum Gasteiger partial charge on any atom is 0.224 e. The number of rotatable bonds is 4. The van der Waals surface area contributed by atoms with Crippen molar-refractivity contribution >= 4 is 11.6 Å².